The maximum absolute atomic E-state index is 5.95. The summed E-state index contributed by atoms with van der Waals surface area (Å²) in [4.78, 5) is 2.58. The highest BCUT2D eigenvalue weighted by molar-refractivity contribution is 14.1. The third-order valence-corrected chi connectivity index (χ3v) is 7.21. The summed E-state index contributed by atoms with van der Waals surface area (Å²) >= 11 is 2.38. The normalized spacial score (nSPS) is 27.8. The Bertz CT molecular complexity index is 921. The number of piperidine rings is 1. The van der Waals surface area contributed by atoms with Crippen molar-refractivity contribution in [3.63, 3.8) is 0 Å². The maximum Gasteiger partial charge on any atom is 0.142 e. The van der Waals surface area contributed by atoms with E-state index in [1.165, 1.54) is 28.4 Å². The molecule has 2 aliphatic heterocycles. The standard InChI is InChI=1S/C23H23IN2O/c1-26-18-11-12-21(26)23(19(13-18)15-7-9-17(24)10-8-15)22-14-20(25-27-22)16-5-3-2-4-6-16/h2-10,14,18-19,21,23H,11-13H2,1H3/t18?,19-,21?,23+/m1/s1. The van der Waals surface area contributed by atoms with Crippen LogP contribution in [0, 0.1) is 3.57 Å². The first-order valence-electron chi connectivity index (χ1n) is 9.70. The zero-order chi connectivity index (χ0) is 18.4. The van der Waals surface area contributed by atoms with E-state index in [0.717, 1.165) is 17.0 Å². The zero-order valence-electron chi connectivity index (χ0n) is 15.4. The van der Waals surface area contributed by atoms with Crippen LogP contribution in [0.4, 0.5) is 0 Å². The van der Waals surface area contributed by atoms with Gasteiger partial charge in [0.15, 0.2) is 0 Å². The molecule has 1 aromatic heterocycles. The van der Waals surface area contributed by atoms with Gasteiger partial charge in [-0.25, -0.2) is 0 Å². The fourth-order valence-electron chi connectivity index (χ4n) is 5.10. The number of hydrogen-bond donors (Lipinski definition) is 0. The molecule has 2 fully saturated rings. The molecule has 3 aromatic rings. The number of aromatic nitrogens is 1. The first kappa shape index (κ1) is 17.4. The van der Waals surface area contributed by atoms with Gasteiger partial charge in [-0.1, -0.05) is 47.6 Å². The van der Waals surface area contributed by atoms with Crippen molar-refractivity contribution in [1.29, 1.82) is 0 Å². The summed E-state index contributed by atoms with van der Waals surface area (Å²) in [5, 5.41) is 4.42. The molecular weight excluding hydrogens is 447 g/mol. The molecule has 0 aliphatic carbocycles. The first-order valence-corrected chi connectivity index (χ1v) is 10.8. The third-order valence-electron chi connectivity index (χ3n) is 6.49. The molecule has 3 nitrogen and oxygen atoms in total. The molecule has 0 N–H and O–H groups in total. The van der Waals surface area contributed by atoms with Crippen LogP contribution in [0.5, 0.6) is 0 Å². The second-order valence-corrected chi connectivity index (χ2v) is 9.11. The highest BCUT2D eigenvalue weighted by Gasteiger charge is 2.48. The minimum atomic E-state index is 0.360. The predicted molar refractivity (Wildman–Crippen MR) is 116 cm³/mol. The monoisotopic (exact) mass is 470 g/mol. The highest BCUT2D eigenvalue weighted by Crippen LogP contribution is 2.51. The number of halogens is 1. The Kier molecular flexibility index (Phi) is 4.56. The van der Waals surface area contributed by atoms with E-state index in [2.05, 4.69) is 82.2 Å². The number of nitrogens with zero attached hydrogens (tertiary/aromatic N) is 2. The van der Waals surface area contributed by atoms with Crippen LogP contribution in [0.3, 0.4) is 0 Å². The lowest BCUT2D eigenvalue weighted by Crippen LogP contribution is -2.44. The Morgan fingerprint density at radius 2 is 1.81 bits per heavy atom. The van der Waals surface area contributed by atoms with Gasteiger partial charge in [-0.15, -0.1) is 0 Å². The lowest BCUT2D eigenvalue weighted by Gasteiger charge is -2.42. The zero-order valence-corrected chi connectivity index (χ0v) is 17.5. The van der Waals surface area contributed by atoms with Gasteiger partial charge in [0.25, 0.3) is 0 Å². The lowest BCUT2D eigenvalue weighted by molar-refractivity contribution is 0.122. The van der Waals surface area contributed by atoms with Gasteiger partial charge in [0, 0.05) is 33.2 Å². The van der Waals surface area contributed by atoms with Gasteiger partial charge in [0.05, 0.1) is 0 Å². The molecule has 27 heavy (non-hydrogen) atoms. The Labute approximate surface area is 173 Å². The summed E-state index contributed by atoms with van der Waals surface area (Å²) in [6, 6.07) is 22.8. The average Bonchev–Trinajstić information content (AvgIpc) is 3.26. The summed E-state index contributed by atoms with van der Waals surface area (Å²) in [7, 11) is 2.29. The molecule has 4 heteroatoms. The molecule has 0 amide bonds. The summed E-state index contributed by atoms with van der Waals surface area (Å²) in [6.45, 7) is 0. The van der Waals surface area contributed by atoms with Gasteiger partial charge in [-0.05, 0) is 72.5 Å². The molecule has 0 radical (unpaired) electrons. The Balaban J connectivity index is 1.54. The molecular formula is C23H23IN2O. The average molecular weight is 470 g/mol. The molecule has 0 spiro atoms. The van der Waals surface area contributed by atoms with Crippen LogP contribution in [-0.2, 0) is 0 Å². The van der Waals surface area contributed by atoms with E-state index >= 15 is 0 Å². The SMILES string of the molecule is CN1C2CCC1[C@@H](c1cc(-c3ccccc3)no1)[C@@H](c1ccc(I)cc1)C2. The maximum atomic E-state index is 5.95. The lowest BCUT2D eigenvalue weighted by atomic mass is 9.75. The summed E-state index contributed by atoms with van der Waals surface area (Å²) in [5.41, 5.74) is 3.49. The number of likely N-dealkylation sites (N-methyl/N-ethyl adjacent to an activating group) is 1. The summed E-state index contributed by atoms with van der Waals surface area (Å²) in [5.74, 6) is 1.89. The van der Waals surface area contributed by atoms with E-state index < -0.39 is 0 Å². The molecule has 2 bridgehead atoms. The van der Waals surface area contributed by atoms with E-state index in [4.69, 9.17) is 4.52 Å². The Morgan fingerprint density at radius 3 is 2.59 bits per heavy atom. The second-order valence-electron chi connectivity index (χ2n) is 7.86. The summed E-state index contributed by atoms with van der Waals surface area (Å²) < 4.78 is 7.24. The van der Waals surface area contributed by atoms with Crippen LogP contribution in [0.2, 0.25) is 0 Å². The molecule has 2 aromatic carbocycles. The van der Waals surface area contributed by atoms with Crippen molar-refractivity contribution in [2.75, 3.05) is 7.05 Å². The first-order chi connectivity index (χ1) is 13.2. The van der Waals surface area contributed by atoms with E-state index in [1.54, 1.807) is 0 Å². The van der Waals surface area contributed by atoms with Crippen molar-refractivity contribution in [3.05, 3.63) is 75.6 Å². The van der Waals surface area contributed by atoms with Crippen LogP contribution >= 0.6 is 22.6 Å². The van der Waals surface area contributed by atoms with Crippen molar-refractivity contribution < 1.29 is 4.52 Å². The van der Waals surface area contributed by atoms with Crippen molar-refractivity contribution in [2.45, 2.75) is 43.2 Å². The Morgan fingerprint density at radius 1 is 1.04 bits per heavy atom. The molecule has 138 valence electrons. The molecule has 4 atom stereocenters. The van der Waals surface area contributed by atoms with Crippen LogP contribution in [-0.4, -0.2) is 29.2 Å². The number of rotatable bonds is 3. The van der Waals surface area contributed by atoms with E-state index in [-0.39, 0.29) is 0 Å². The van der Waals surface area contributed by atoms with Gasteiger partial charge in [-0.3, -0.25) is 4.90 Å². The smallest absolute Gasteiger partial charge is 0.142 e. The predicted octanol–water partition coefficient (Wildman–Crippen LogP) is 5.68. The number of benzene rings is 2. The number of hydrogen-bond acceptors (Lipinski definition) is 3. The molecule has 0 saturated carbocycles. The van der Waals surface area contributed by atoms with Crippen molar-refractivity contribution in [1.82, 2.24) is 10.1 Å². The summed E-state index contributed by atoms with van der Waals surface area (Å²) in [6.07, 6.45) is 3.73. The Hall–Kier alpha value is -1.66. The fraction of sp³-hybridized carbons (Fsp3) is 0.348. The molecule has 5 rings (SSSR count). The number of fused-ring (bicyclic) bond motifs is 2. The minimum absolute atomic E-state index is 0.360. The van der Waals surface area contributed by atoms with Gasteiger partial charge in [0.2, 0.25) is 0 Å². The van der Waals surface area contributed by atoms with Crippen LogP contribution < -0.4 is 0 Å². The quantitative estimate of drug-likeness (QED) is 0.462. The van der Waals surface area contributed by atoms with E-state index in [9.17, 15) is 0 Å². The molecule has 2 aliphatic rings. The van der Waals surface area contributed by atoms with Crippen molar-refractivity contribution in [2.24, 2.45) is 0 Å². The van der Waals surface area contributed by atoms with Gasteiger partial charge < -0.3 is 4.52 Å². The van der Waals surface area contributed by atoms with Crippen molar-refractivity contribution >= 4 is 22.6 Å². The van der Waals surface area contributed by atoms with Crippen molar-refractivity contribution in [3.8, 4) is 11.3 Å². The van der Waals surface area contributed by atoms with Crippen LogP contribution in [0.25, 0.3) is 11.3 Å². The minimum Gasteiger partial charge on any atom is -0.360 e. The van der Waals surface area contributed by atoms with Crippen LogP contribution in [0.1, 0.15) is 42.4 Å². The third kappa shape index (κ3) is 3.13. The van der Waals surface area contributed by atoms with Crippen LogP contribution in [0.15, 0.2) is 65.2 Å². The highest BCUT2D eigenvalue weighted by atomic mass is 127. The molecule has 2 unspecified atom stereocenters. The van der Waals surface area contributed by atoms with Gasteiger partial charge in [-0.2, -0.15) is 0 Å². The second kappa shape index (κ2) is 7.06. The van der Waals surface area contributed by atoms with Gasteiger partial charge >= 0.3 is 0 Å². The van der Waals surface area contributed by atoms with E-state index in [0.29, 0.717) is 23.9 Å². The molecule has 3 heterocycles. The fourth-order valence-corrected chi connectivity index (χ4v) is 5.46. The largest absolute Gasteiger partial charge is 0.360 e. The van der Waals surface area contributed by atoms with E-state index in [1.807, 2.05) is 18.2 Å². The van der Waals surface area contributed by atoms with Gasteiger partial charge in [0.1, 0.15) is 11.5 Å². The molecule has 2 saturated heterocycles. The topological polar surface area (TPSA) is 29.3 Å².